The van der Waals surface area contributed by atoms with E-state index in [1.165, 1.54) is 0 Å². The van der Waals surface area contributed by atoms with Crippen LogP contribution in [-0.2, 0) is 24.3 Å². The van der Waals surface area contributed by atoms with Crippen molar-refractivity contribution in [1.29, 1.82) is 0 Å². The predicted molar refractivity (Wildman–Crippen MR) is 100 cm³/mol. The molecular formula is C20H19N5O2. The number of aryl methyl sites for hydroxylation is 1. The molecule has 0 spiro atoms. The Morgan fingerprint density at radius 1 is 1.22 bits per heavy atom. The van der Waals surface area contributed by atoms with Crippen molar-refractivity contribution in [2.45, 2.75) is 38.9 Å². The van der Waals surface area contributed by atoms with Gasteiger partial charge >= 0.3 is 0 Å². The molecular weight excluding hydrogens is 342 g/mol. The number of nitrogens with zero attached hydrogens (tertiary/aromatic N) is 4. The molecule has 3 aromatic rings. The zero-order valence-corrected chi connectivity index (χ0v) is 15.0. The van der Waals surface area contributed by atoms with Gasteiger partial charge in [-0.3, -0.25) is 14.5 Å². The molecule has 1 aromatic heterocycles. The topological polar surface area (TPSA) is 80.1 Å². The van der Waals surface area contributed by atoms with Crippen molar-refractivity contribution in [2.75, 3.05) is 4.90 Å². The molecule has 0 fully saturated rings. The van der Waals surface area contributed by atoms with Crippen LogP contribution in [0.15, 0.2) is 36.4 Å². The van der Waals surface area contributed by atoms with Crippen LogP contribution in [0.5, 0.6) is 0 Å². The predicted octanol–water partition coefficient (Wildman–Crippen LogP) is 2.04. The summed E-state index contributed by atoms with van der Waals surface area (Å²) in [7, 11) is 0. The molecule has 0 radical (unpaired) electrons. The average Bonchev–Trinajstić information content (AvgIpc) is 3.36. The highest BCUT2D eigenvalue weighted by molar-refractivity contribution is 6.26. The molecule has 0 saturated carbocycles. The molecule has 7 nitrogen and oxygen atoms in total. The lowest BCUT2D eigenvalue weighted by Crippen LogP contribution is -2.46. The van der Waals surface area contributed by atoms with Gasteiger partial charge in [0.1, 0.15) is 11.9 Å². The van der Waals surface area contributed by atoms with Gasteiger partial charge in [0, 0.05) is 23.9 Å². The quantitative estimate of drug-likeness (QED) is 0.771. The lowest BCUT2D eigenvalue weighted by Gasteiger charge is -2.24. The van der Waals surface area contributed by atoms with Gasteiger partial charge < -0.3 is 9.88 Å². The van der Waals surface area contributed by atoms with Gasteiger partial charge in [0.25, 0.3) is 5.91 Å². The van der Waals surface area contributed by atoms with Crippen LogP contribution in [0.25, 0.3) is 10.8 Å². The van der Waals surface area contributed by atoms with E-state index in [1.807, 2.05) is 36.4 Å². The first-order chi connectivity index (χ1) is 13.1. The van der Waals surface area contributed by atoms with E-state index in [2.05, 4.69) is 20.1 Å². The van der Waals surface area contributed by atoms with Gasteiger partial charge in [-0.15, -0.1) is 10.2 Å². The Bertz CT molecular complexity index is 1080. The highest BCUT2D eigenvalue weighted by Crippen LogP contribution is 2.38. The van der Waals surface area contributed by atoms with Crippen molar-refractivity contribution in [1.82, 2.24) is 20.1 Å². The summed E-state index contributed by atoms with van der Waals surface area (Å²) in [6.07, 6.45) is 1.99. The van der Waals surface area contributed by atoms with Gasteiger partial charge in [0.15, 0.2) is 5.82 Å². The monoisotopic (exact) mass is 361 g/mol. The number of rotatable bonds is 4. The number of hydrogen-bond donors (Lipinski definition) is 1. The minimum atomic E-state index is -0.614. The lowest BCUT2D eigenvalue weighted by atomic mass is 10.1. The normalized spacial score (nSPS) is 16.0. The minimum absolute atomic E-state index is 0.132. The second-order valence-electron chi connectivity index (χ2n) is 7.04. The van der Waals surface area contributed by atoms with Crippen molar-refractivity contribution in [3.8, 4) is 0 Å². The molecule has 1 N–H and O–H groups in total. The van der Waals surface area contributed by atoms with Gasteiger partial charge in [-0.2, -0.15) is 0 Å². The largest absolute Gasteiger partial charge is 0.347 e. The van der Waals surface area contributed by atoms with E-state index in [0.717, 1.165) is 47.5 Å². The Morgan fingerprint density at radius 3 is 2.89 bits per heavy atom. The number of hydrogen-bond acceptors (Lipinski definition) is 4. The first kappa shape index (κ1) is 16.0. The Morgan fingerprint density at radius 2 is 2.04 bits per heavy atom. The van der Waals surface area contributed by atoms with E-state index in [9.17, 15) is 9.59 Å². The molecule has 0 saturated heterocycles. The SMILES string of the molecule is C[C@@H](C(=O)NCc1nnc2n1CCC2)N1C(=O)c2cccc3cccc1c23. The number of anilines is 1. The Kier molecular flexibility index (Phi) is 3.50. The summed E-state index contributed by atoms with van der Waals surface area (Å²) in [6, 6.07) is 10.9. The fourth-order valence-electron chi connectivity index (χ4n) is 4.10. The molecule has 136 valence electrons. The second kappa shape index (κ2) is 5.90. The van der Waals surface area contributed by atoms with Gasteiger partial charge in [0.2, 0.25) is 5.91 Å². The van der Waals surface area contributed by atoms with E-state index >= 15 is 0 Å². The van der Waals surface area contributed by atoms with Crippen molar-refractivity contribution in [3.05, 3.63) is 53.6 Å². The smallest absolute Gasteiger partial charge is 0.259 e. The van der Waals surface area contributed by atoms with E-state index in [-0.39, 0.29) is 11.8 Å². The fraction of sp³-hybridized carbons (Fsp3) is 0.300. The number of fused-ring (bicyclic) bond motifs is 1. The number of amides is 2. The Labute approximate surface area is 156 Å². The summed E-state index contributed by atoms with van der Waals surface area (Å²) in [4.78, 5) is 27.3. The average molecular weight is 361 g/mol. The number of carbonyl (C=O) groups is 2. The summed E-state index contributed by atoms with van der Waals surface area (Å²) in [5.74, 6) is 1.40. The standard InChI is InChI=1S/C20H19N5O2/c1-12(19(26)21-11-17-23-22-16-9-4-10-24(16)17)25-15-8-3-6-13-5-2-7-14(18(13)15)20(25)27/h2-3,5-8,12H,4,9-11H2,1H3,(H,21,26)/t12-/m0/s1. The number of nitrogens with one attached hydrogen (secondary N) is 1. The second-order valence-corrected chi connectivity index (χ2v) is 7.04. The number of benzene rings is 2. The molecule has 2 aliphatic rings. The maximum atomic E-state index is 12.9. The molecule has 2 aromatic carbocycles. The summed E-state index contributed by atoms with van der Waals surface area (Å²) >= 11 is 0. The third kappa shape index (κ3) is 2.34. The van der Waals surface area contributed by atoms with Crippen LogP contribution in [0.4, 0.5) is 5.69 Å². The van der Waals surface area contributed by atoms with E-state index in [1.54, 1.807) is 11.8 Å². The molecule has 0 aliphatic carbocycles. The van der Waals surface area contributed by atoms with Crippen LogP contribution in [0, 0.1) is 0 Å². The molecule has 7 heteroatoms. The van der Waals surface area contributed by atoms with Crippen molar-refractivity contribution in [3.63, 3.8) is 0 Å². The summed E-state index contributed by atoms with van der Waals surface area (Å²) in [5.41, 5.74) is 1.44. The Balaban J connectivity index is 1.38. The van der Waals surface area contributed by atoms with Gasteiger partial charge in [-0.1, -0.05) is 24.3 Å². The van der Waals surface area contributed by atoms with Crippen LogP contribution in [0.1, 0.15) is 35.4 Å². The van der Waals surface area contributed by atoms with Crippen molar-refractivity contribution in [2.24, 2.45) is 0 Å². The fourth-order valence-corrected chi connectivity index (χ4v) is 4.10. The number of carbonyl (C=O) groups excluding carboxylic acids is 2. The zero-order chi connectivity index (χ0) is 18.5. The minimum Gasteiger partial charge on any atom is -0.347 e. The maximum Gasteiger partial charge on any atom is 0.259 e. The third-order valence-corrected chi connectivity index (χ3v) is 5.47. The van der Waals surface area contributed by atoms with Crippen LogP contribution >= 0.6 is 0 Å². The van der Waals surface area contributed by atoms with Crippen LogP contribution < -0.4 is 10.2 Å². The van der Waals surface area contributed by atoms with Crippen molar-refractivity contribution < 1.29 is 9.59 Å². The maximum absolute atomic E-state index is 12.9. The molecule has 5 rings (SSSR count). The van der Waals surface area contributed by atoms with E-state index in [4.69, 9.17) is 0 Å². The highest BCUT2D eigenvalue weighted by atomic mass is 16.2. The van der Waals surface area contributed by atoms with Crippen LogP contribution in [0.2, 0.25) is 0 Å². The molecule has 2 amide bonds. The Hall–Kier alpha value is -3.22. The van der Waals surface area contributed by atoms with Gasteiger partial charge in [0.05, 0.1) is 12.2 Å². The third-order valence-electron chi connectivity index (χ3n) is 5.47. The molecule has 0 unspecified atom stereocenters. The molecule has 3 heterocycles. The summed E-state index contributed by atoms with van der Waals surface area (Å²) in [5, 5.41) is 13.2. The van der Waals surface area contributed by atoms with Crippen molar-refractivity contribution >= 4 is 28.3 Å². The number of aromatic nitrogens is 3. The molecule has 1 atom stereocenters. The molecule has 0 bridgehead atoms. The van der Waals surface area contributed by atoms with Gasteiger partial charge in [-0.25, -0.2) is 0 Å². The zero-order valence-electron chi connectivity index (χ0n) is 15.0. The highest BCUT2D eigenvalue weighted by Gasteiger charge is 2.35. The van der Waals surface area contributed by atoms with E-state index < -0.39 is 6.04 Å². The van der Waals surface area contributed by atoms with Crippen LogP contribution in [-0.4, -0.2) is 32.6 Å². The van der Waals surface area contributed by atoms with Crippen LogP contribution in [0.3, 0.4) is 0 Å². The first-order valence-electron chi connectivity index (χ1n) is 9.19. The summed E-state index contributed by atoms with van der Waals surface area (Å²) < 4.78 is 2.06. The summed E-state index contributed by atoms with van der Waals surface area (Å²) in [6.45, 7) is 2.96. The lowest BCUT2D eigenvalue weighted by molar-refractivity contribution is -0.122. The van der Waals surface area contributed by atoms with Gasteiger partial charge in [-0.05, 0) is 30.9 Å². The molecule has 2 aliphatic heterocycles. The first-order valence-corrected chi connectivity index (χ1v) is 9.19. The van der Waals surface area contributed by atoms with E-state index in [0.29, 0.717) is 12.1 Å². The molecule has 27 heavy (non-hydrogen) atoms.